The maximum absolute atomic E-state index is 12.4. The van der Waals surface area contributed by atoms with Gasteiger partial charge in [-0.05, 0) is 31.2 Å². The van der Waals surface area contributed by atoms with Crippen molar-refractivity contribution >= 4 is 22.4 Å². The molecule has 0 spiro atoms. The van der Waals surface area contributed by atoms with Gasteiger partial charge >= 0.3 is 5.97 Å². The average molecular weight is 347 g/mol. The summed E-state index contributed by atoms with van der Waals surface area (Å²) in [7, 11) is 1.63. The molecule has 1 aliphatic heterocycles. The summed E-state index contributed by atoms with van der Waals surface area (Å²) in [6.45, 7) is 5.78. The summed E-state index contributed by atoms with van der Waals surface area (Å²) in [5, 5.41) is 4.19. The van der Waals surface area contributed by atoms with Crippen molar-refractivity contribution in [1.29, 1.82) is 0 Å². The molecule has 0 unspecified atom stereocenters. The molecular formula is C17H21N3O3S. The van der Waals surface area contributed by atoms with Crippen molar-refractivity contribution in [3.05, 3.63) is 29.1 Å². The third-order valence-electron chi connectivity index (χ3n) is 3.83. The van der Waals surface area contributed by atoms with Gasteiger partial charge in [0, 0.05) is 31.7 Å². The fourth-order valence-corrected chi connectivity index (χ4v) is 3.61. The second-order valence-corrected chi connectivity index (χ2v) is 6.34. The molecule has 24 heavy (non-hydrogen) atoms. The Morgan fingerprint density at radius 2 is 2.00 bits per heavy atom. The molecule has 0 aliphatic carbocycles. The smallest absolute Gasteiger partial charge is 0.350 e. The molecule has 2 aromatic rings. The number of anilines is 1. The third-order valence-corrected chi connectivity index (χ3v) is 4.92. The molecule has 0 atom stereocenters. The number of esters is 1. The van der Waals surface area contributed by atoms with E-state index in [-0.39, 0.29) is 5.97 Å². The summed E-state index contributed by atoms with van der Waals surface area (Å²) in [4.78, 5) is 19.8. The third kappa shape index (κ3) is 3.52. The molecule has 1 N–H and O–H groups in total. The van der Waals surface area contributed by atoms with Gasteiger partial charge in [-0.15, -0.1) is 0 Å². The van der Waals surface area contributed by atoms with Gasteiger partial charge in [0.2, 0.25) is 0 Å². The molecule has 1 aromatic carbocycles. The second kappa shape index (κ2) is 7.63. The van der Waals surface area contributed by atoms with Crippen LogP contribution >= 0.6 is 11.3 Å². The summed E-state index contributed by atoms with van der Waals surface area (Å²) in [5.41, 5.74) is 1.56. The minimum Gasteiger partial charge on any atom is -0.497 e. The molecule has 2 heterocycles. The molecule has 6 nitrogen and oxygen atoms in total. The number of aromatic nitrogens is 1. The van der Waals surface area contributed by atoms with Gasteiger partial charge in [0.15, 0.2) is 5.13 Å². The SMILES string of the molecule is CCOC(=O)c1sc(N2CCNCC2)nc1-c1ccc(OC)cc1. The summed E-state index contributed by atoms with van der Waals surface area (Å²) in [6, 6.07) is 7.57. The molecule has 1 saturated heterocycles. The van der Waals surface area contributed by atoms with Crippen LogP contribution in [0, 0.1) is 0 Å². The van der Waals surface area contributed by atoms with Crippen LogP contribution in [0.5, 0.6) is 5.75 Å². The van der Waals surface area contributed by atoms with Crippen molar-refractivity contribution in [2.45, 2.75) is 6.92 Å². The van der Waals surface area contributed by atoms with Gasteiger partial charge < -0.3 is 19.7 Å². The maximum atomic E-state index is 12.4. The van der Waals surface area contributed by atoms with E-state index < -0.39 is 0 Å². The summed E-state index contributed by atoms with van der Waals surface area (Å²) < 4.78 is 10.4. The lowest BCUT2D eigenvalue weighted by molar-refractivity contribution is 0.0532. The van der Waals surface area contributed by atoms with E-state index in [4.69, 9.17) is 14.5 Å². The van der Waals surface area contributed by atoms with Gasteiger partial charge in [0.25, 0.3) is 0 Å². The highest BCUT2D eigenvalue weighted by Gasteiger charge is 2.24. The number of methoxy groups -OCH3 is 1. The lowest BCUT2D eigenvalue weighted by atomic mass is 10.1. The fraction of sp³-hybridized carbons (Fsp3) is 0.412. The molecule has 3 rings (SSSR count). The minimum atomic E-state index is -0.317. The lowest BCUT2D eigenvalue weighted by Gasteiger charge is -2.26. The van der Waals surface area contributed by atoms with Crippen LogP contribution in [0.15, 0.2) is 24.3 Å². The van der Waals surface area contributed by atoms with E-state index in [9.17, 15) is 4.79 Å². The summed E-state index contributed by atoms with van der Waals surface area (Å²) in [5.74, 6) is 0.455. The van der Waals surface area contributed by atoms with Crippen molar-refractivity contribution in [3.63, 3.8) is 0 Å². The molecular weight excluding hydrogens is 326 g/mol. The van der Waals surface area contributed by atoms with Crippen LogP contribution in [0.25, 0.3) is 11.3 Å². The highest BCUT2D eigenvalue weighted by Crippen LogP contribution is 2.34. The van der Waals surface area contributed by atoms with Crippen LogP contribution in [0.1, 0.15) is 16.6 Å². The number of carbonyl (C=O) groups excluding carboxylic acids is 1. The van der Waals surface area contributed by atoms with Gasteiger partial charge in [0.1, 0.15) is 10.6 Å². The number of hydrogen-bond donors (Lipinski definition) is 1. The number of ether oxygens (including phenoxy) is 2. The lowest BCUT2D eigenvalue weighted by Crippen LogP contribution is -2.43. The first-order valence-corrected chi connectivity index (χ1v) is 8.82. The predicted molar refractivity (Wildman–Crippen MR) is 95.1 cm³/mol. The van der Waals surface area contributed by atoms with E-state index in [0.717, 1.165) is 42.6 Å². The quantitative estimate of drug-likeness (QED) is 0.838. The largest absolute Gasteiger partial charge is 0.497 e. The summed E-state index contributed by atoms with van der Waals surface area (Å²) in [6.07, 6.45) is 0. The van der Waals surface area contributed by atoms with Crippen LogP contribution in [0.3, 0.4) is 0 Å². The minimum absolute atomic E-state index is 0.317. The van der Waals surface area contributed by atoms with Crippen LogP contribution in [-0.4, -0.2) is 50.8 Å². The van der Waals surface area contributed by atoms with Gasteiger partial charge in [0.05, 0.1) is 19.4 Å². The number of nitrogens with one attached hydrogen (secondary N) is 1. The predicted octanol–water partition coefficient (Wildman–Crippen LogP) is 2.41. The first-order chi connectivity index (χ1) is 11.7. The number of piperazine rings is 1. The molecule has 1 aliphatic rings. The van der Waals surface area contributed by atoms with Gasteiger partial charge in [-0.2, -0.15) is 0 Å². The zero-order valence-electron chi connectivity index (χ0n) is 13.9. The van der Waals surface area contributed by atoms with Crippen molar-refractivity contribution < 1.29 is 14.3 Å². The Morgan fingerprint density at radius 3 is 2.62 bits per heavy atom. The number of rotatable bonds is 5. The normalized spacial score (nSPS) is 14.5. The molecule has 0 amide bonds. The van der Waals surface area contributed by atoms with Crippen molar-refractivity contribution in [3.8, 4) is 17.0 Å². The second-order valence-electron chi connectivity index (χ2n) is 5.36. The van der Waals surface area contributed by atoms with Gasteiger partial charge in [-0.25, -0.2) is 9.78 Å². The zero-order valence-corrected chi connectivity index (χ0v) is 14.7. The van der Waals surface area contributed by atoms with E-state index >= 15 is 0 Å². The van der Waals surface area contributed by atoms with Crippen LogP contribution in [-0.2, 0) is 4.74 Å². The van der Waals surface area contributed by atoms with E-state index in [1.54, 1.807) is 7.11 Å². The maximum Gasteiger partial charge on any atom is 0.350 e. The van der Waals surface area contributed by atoms with E-state index in [1.165, 1.54) is 11.3 Å². The molecule has 1 fully saturated rings. The fourth-order valence-electron chi connectivity index (χ4n) is 2.58. The number of carbonyl (C=O) groups is 1. The molecule has 0 radical (unpaired) electrons. The Hall–Kier alpha value is -2.12. The number of benzene rings is 1. The Bertz CT molecular complexity index is 694. The van der Waals surface area contributed by atoms with E-state index in [2.05, 4.69) is 10.2 Å². The molecule has 1 aromatic heterocycles. The van der Waals surface area contributed by atoms with Gasteiger partial charge in [-0.1, -0.05) is 11.3 Å². The number of thiazole rings is 1. The standard InChI is InChI=1S/C17H21N3O3S/c1-3-23-16(21)15-14(12-4-6-13(22-2)7-5-12)19-17(24-15)20-10-8-18-9-11-20/h4-7,18H,3,8-11H2,1-2H3. The molecule has 128 valence electrons. The number of hydrogen-bond acceptors (Lipinski definition) is 7. The van der Waals surface area contributed by atoms with Crippen molar-refractivity contribution in [2.75, 3.05) is 44.8 Å². The Morgan fingerprint density at radius 1 is 1.29 bits per heavy atom. The molecule has 7 heteroatoms. The van der Waals surface area contributed by atoms with Crippen molar-refractivity contribution in [1.82, 2.24) is 10.3 Å². The highest BCUT2D eigenvalue weighted by atomic mass is 32.1. The Kier molecular flexibility index (Phi) is 5.32. The van der Waals surface area contributed by atoms with E-state index in [1.807, 2.05) is 31.2 Å². The van der Waals surface area contributed by atoms with E-state index in [0.29, 0.717) is 17.2 Å². The molecule has 0 bridgehead atoms. The zero-order chi connectivity index (χ0) is 16.9. The van der Waals surface area contributed by atoms with Crippen molar-refractivity contribution in [2.24, 2.45) is 0 Å². The Labute approximate surface area is 145 Å². The molecule has 0 saturated carbocycles. The number of nitrogens with zero attached hydrogens (tertiary/aromatic N) is 2. The van der Waals surface area contributed by atoms with Crippen LogP contribution in [0.2, 0.25) is 0 Å². The summed E-state index contributed by atoms with van der Waals surface area (Å²) >= 11 is 1.40. The first-order valence-electron chi connectivity index (χ1n) is 8.01. The Balaban J connectivity index is 1.97. The monoisotopic (exact) mass is 347 g/mol. The highest BCUT2D eigenvalue weighted by molar-refractivity contribution is 7.17. The van der Waals surface area contributed by atoms with Gasteiger partial charge in [-0.3, -0.25) is 0 Å². The van der Waals surface area contributed by atoms with Crippen LogP contribution < -0.4 is 15.0 Å². The first kappa shape index (κ1) is 16.7. The topological polar surface area (TPSA) is 63.7 Å². The average Bonchev–Trinajstić information content (AvgIpc) is 3.08. The van der Waals surface area contributed by atoms with Crippen LogP contribution in [0.4, 0.5) is 5.13 Å².